The summed E-state index contributed by atoms with van der Waals surface area (Å²) < 4.78 is 23.8. The smallest absolute Gasteiger partial charge is 0.408 e. The van der Waals surface area contributed by atoms with Crippen molar-refractivity contribution in [2.45, 2.75) is 81.7 Å². The second-order valence-corrected chi connectivity index (χ2v) is 14.4. The van der Waals surface area contributed by atoms with E-state index in [1.807, 2.05) is 72.8 Å². The van der Waals surface area contributed by atoms with Gasteiger partial charge in [0.05, 0.1) is 24.9 Å². The number of rotatable bonds is 7. The van der Waals surface area contributed by atoms with Gasteiger partial charge in [-0.1, -0.05) is 54.6 Å². The van der Waals surface area contributed by atoms with Crippen molar-refractivity contribution in [3.8, 4) is 28.5 Å². The average molecular weight is 763 g/mol. The van der Waals surface area contributed by atoms with Gasteiger partial charge in [-0.3, -0.25) is 9.59 Å². The van der Waals surface area contributed by atoms with Crippen molar-refractivity contribution in [2.24, 2.45) is 0 Å². The molecule has 56 heavy (non-hydrogen) atoms. The van der Waals surface area contributed by atoms with Gasteiger partial charge in [0.2, 0.25) is 11.8 Å². The number of carbonyl (C=O) groups excluding carboxylic acids is 3. The number of alkyl carbamates (subject to hydrolysis) is 1. The number of carboxylic acid groups (broad SMARTS) is 1. The molecule has 2 fully saturated rings. The van der Waals surface area contributed by atoms with Crippen LogP contribution in [0.4, 0.5) is 4.79 Å². The van der Waals surface area contributed by atoms with E-state index in [0.717, 1.165) is 36.8 Å². The molecular weight excluding hydrogens is 716 g/mol. The first-order valence-corrected chi connectivity index (χ1v) is 19.1. The van der Waals surface area contributed by atoms with Gasteiger partial charge >= 0.3 is 12.1 Å². The summed E-state index contributed by atoms with van der Waals surface area (Å²) in [5.41, 5.74) is 2.87. The summed E-state index contributed by atoms with van der Waals surface area (Å²) in [6.07, 6.45) is 6.02. The molecule has 1 aromatic heterocycles. The van der Waals surface area contributed by atoms with E-state index in [1.165, 1.54) is 4.90 Å². The van der Waals surface area contributed by atoms with Gasteiger partial charge in [0.15, 0.2) is 0 Å². The van der Waals surface area contributed by atoms with Crippen LogP contribution in [-0.4, -0.2) is 89.5 Å². The van der Waals surface area contributed by atoms with E-state index in [-0.39, 0.29) is 38.5 Å². The second-order valence-electron chi connectivity index (χ2n) is 14.4. The molecule has 3 aliphatic rings. The molecule has 2 aliphatic heterocycles. The summed E-state index contributed by atoms with van der Waals surface area (Å²) in [6.45, 7) is 0.226. The van der Waals surface area contributed by atoms with E-state index in [2.05, 4.69) is 10.6 Å². The Balaban J connectivity index is 1.24. The number of ether oxygens (including phenoxy) is 4. The molecule has 3 heterocycles. The molecule has 292 valence electrons. The number of allylic oxidation sites excluding steroid dienone is 1. The van der Waals surface area contributed by atoms with E-state index >= 15 is 0 Å². The van der Waals surface area contributed by atoms with Gasteiger partial charge in [0.1, 0.15) is 54.2 Å². The number of amides is 3. The summed E-state index contributed by atoms with van der Waals surface area (Å²) >= 11 is 0. The maximum atomic E-state index is 14.8. The number of pyridine rings is 1. The van der Waals surface area contributed by atoms with Crippen molar-refractivity contribution in [3.63, 3.8) is 0 Å². The molecule has 1 aliphatic carbocycles. The molecule has 13 nitrogen and oxygen atoms in total. The number of aromatic nitrogens is 1. The van der Waals surface area contributed by atoms with Gasteiger partial charge in [-0.05, 0) is 68.4 Å². The third-order valence-electron chi connectivity index (χ3n) is 10.4. The molecule has 1 saturated carbocycles. The molecule has 2 bridgehead atoms. The van der Waals surface area contributed by atoms with Crippen molar-refractivity contribution in [1.82, 2.24) is 20.5 Å². The van der Waals surface area contributed by atoms with E-state index in [0.29, 0.717) is 40.3 Å². The Hall–Kier alpha value is -6.11. The van der Waals surface area contributed by atoms with Crippen LogP contribution in [0.5, 0.6) is 17.2 Å². The molecule has 4 aromatic rings. The molecular formula is C43H46N4O9. The Kier molecular flexibility index (Phi) is 12.0. The van der Waals surface area contributed by atoms with Crippen molar-refractivity contribution >= 4 is 34.8 Å². The quantitative estimate of drug-likeness (QED) is 0.195. The number of fused-ring (bicyclic) bond motifs is 4. The fourth-order valence-corrected chi connectivity index (χ4v) is 7.56. The maximum Gasteiger partial charge on any atom is 0.408 e. The van der Waals surface area contributed by atoms with Gasteiger partial charge in [0, 0.05) is 35.9 Å². The Morgan fingerprint density at radius 2 is 1.77 bits per heavy atom. The number of benzene rings is 3. The minimum atomic E-state index is -1.21. The van der Waals surface area contributed by atoms with Gasteiger partial charge in [-0.15, -0.1) is 0 Å². The highest BCUT2D eigenvalue weighted by atomic mass is 16.6. The van der Waals surface area contributed by atoms with Crippen molar-refractivity contribution in [1.29, 1.82) is 0 Å². The Morgan fingerprint density at radius 3 is 2.55 bits per heavy atom. The third kappa shape index (κ3) is 9.22. The zero-order valence-electron chi connectivity index (χ0n) is 31.2. The van der Waals surface area contributed by atoms with Crippen LogP contribution in [-0.2, 0) is 25.5 Å². The number of hydrogen-bond acceptors (Lipinski definition) is 9. The highest BCUT2D eigenvalue weighted by Gasteiger charge is 2.44. The Bertz CT molecular complexity index is 2080. The fraction of sp³-hybridized carbons (Fsp3) is 0.372. The Labute approximate surface area is 325 Å². The molecule has 4 atom stereocenters. The molecule has 7 rings (SSSR count). The first-order chi connectivity index (χ1) is 27.2. The first-order valence-electron chi connectivity index (χ1n) is 19.1. The van der Waals surface area contributed by atoms with E-state index < -0.39 is 48.1 Å². The summed E-state index contributed by atoms with van der Waals surface area (Å²) in [7, 11) is 1.58. The number of methoxy groups -OCH3 is 1. The predicted molar refractivity (Wildman–Crippen MR) is 208 cm³/mol. The SMILES string of the molecule is COc1ccc2c(O[C@@H]3C[C@H]4C(=O)N[C@@H](C(=O)O)CC/C=C/COc5cccc(c5)C[C@@H](NC(=O)OC5CCCC5)C(=O)N4C3)cc(-c3ccccc3)nc2c1. The third-order valence-corrected chi connectivity index (χ3v) is 10.4. The van der Waals surface area contributed by atoms with Gasteiger partial charge in [0.25, 0.3) is 0 Å². The number of hydrogen-bond donors (Lipinski definition) is 3. The largest absolute Gasteiger partial charge is 0.497 e. The topological polar surface area (TPSA) is 166 Å². The lowest BCUT2D eigenvalue weighted by Crippen LogP contribution is -2.56. The second kappa shape index (κ2) is 17.6. The lowest BCUT2D eigenvalue weighted by atomic mass is 10.0. The minimum absolute atomic E-state index is 0.0168. The fourth-order valence-electron chi connectivity index (χ4n) is 7.56. The van der Waals surface area contributed by atoms with Gasteiger partial charge in [-0.2, -0.15) is 0 Å². The molecule has 3 amide bonds. The molecule has 3 aromatic carbocycles. The number of carboxylic acids is 1. The summed E-state index contributed by atoms with van der Waals surface area (Å²) in [6, 6.07) is 20.8. The van der Waals surface area contributed by atoms with Crippen LogP contribution >= 0.6 is 0 Å². The standard InChI is InChI=1S/C43H46N4O9/c1-53-30-18-19-33-36(23-30)44-35(28-12-4-2-5-13-28)25-39(33)55-32-24-38-40(48)45-34(42(50)51)17-6-3-9-20-54-31-16-10-11-27(21-31)22-37(41(49)47(38)26-32)46-43(52)56-29-14-7-8-15-29/h2-5,9-13,16,18-19,21,23,25,29,32,34,37-38H,6-8,14-15,17,20,22,24,26H2,1H3,(H,45,48)(H,46,52)(H,50,51)/b9-3+/t32-,34-,37-,38+/m1/s1. The molecule has 0 spiro atoms. The summed E-state index contributed by atoms with van der Waals surface area (Å²) in [5, 5.41) is 16.3. The van der Waals surface area contributed by atoms with Crippen molar-refractivity contribution in [2.75, 3.05) is 20.3 Å². The van der Waals surface area contributed by atoms with E-state index in [9.17, 15) is 24.3 Å². The van der Waals surface area contributed by atoms with Gasteiger partial charge < -0.3 is 39.6 Å². The molecule has 3 N–H and O–H groups in total. The number of carbonyl (C=O) groups is 4. The lowest BCUT2D eigenvalue weighted by Gasteiger charge is -2.29. The molecule has 0 unspecified atom stereocenters. The highest BCUT2D eigenvalue weighted by Crippen LogP contribution is 2.35. The highest BCUT2D eigenvalue weighted by molar-refractivity contribution is 5.94. The van der Waals surface area contributed by atoms with Gasteiger partial charge in [-0.25, -0.2) is 14.6 Å². The number of nitrogens with one attached hydrogen (secondary N) is 2. The van der Waals surface area contributed by atoms with Crippen LogP contribution in [0.1, 0.15) is 50.5 Å². The van der Waals surface area contributed by atoms with Crippen LogP contribution in [0.15, 0.2) is 91.0 Å². The maximum absolute atomic E-state index is 14.8. The summed E-state index contributed by atoms with van der Waals surface area (Å²) in [4.78, 5) is 60.8. The minimum Gasteiger partial charge on any atom is -0.497 e. The average Bonchev–Trinajstić information content (AvgIpc) is 3.88. The zero-order valence-corrected chi connectivity index (χ0v) is 31.2. The van der Waals surface area contributed by atoms with E-state index in [1.54, 1.807) is 25.3 Å². The van der Waals surface area contributed by atoms with Crippen LogP contribution in [0, 0.1) is 0 Å². The molecule has 0 radical (unpaired) electrons. The lowest BCUT2D eigenvalue weighted by molar-refractivity contribution is -0.144. The zero-order chi connectivity index (χ0) is 39.0. The Morgan fingerprint density at radius 1 is 0.946 bits per heavy atom. The monoisotopic (exact) mass is 762 g/mol. The summed E-state index contributed by atoms with van der Waals surface area (Å²) in [5.74, 6) is -0.670. The van der Waals surface area contributed by atoms with Crippen LogP contribution in [0.3, 0.4) is 0 Å². The normalized spacial score (nSPS) is 22.6. The van der Waals surface area contributed by atoms with Crippen LogP contribution in [0.25, 0.3) is 22.2 Å². The van der Waals surface area contributed by atoms with Crippen molar-refractivity contribution in [3.05, 3.63) is 96.6 Å². The van der Waals surface area contributed by atoms with Crippen LogP contribution in [0.2, 0.25) is 0 Å². The predicted octanol–water partition coefficient (Wildman–Crippen LogP) is 5.84. The number of aliphatic carboxylic acids is 1. The van der Waals surface area contributed by atoms with E-state index in [4.69, 9.17) is 23.9 Å². The van der Waals surface area contributed by atoms with Crippen molar-refractivity contribution < 1.29 is 43.2 Å². The number of nitrogens with zero attached hydrogens (tertiary/aromatic N) is 2. The molecule has 13 heteroatoms. The molecule has 1 saturated heterocycles. The first kappa shape index (κ1) is 38.2. The van der Waals surface area contributed by atoms with Crippen LogP contribution < -0.4 is 24.8 Å².